The average molecular weight is 404 g/mol. The zero-order chi connectivity index (χ0) is 19.5. The van der Waals surface area contributed by atoms with Crippen LogP contribution in [0.5, 0.6) is 17.2 Å². The minimum Gasteiger partial charge on any atom is -0.496 e. The molecule has 0 spiro atoms. The van der Waals surface area contributed by atoms with Gasteiger partial charge in [0.05, 0.1) is 18.2 Å². The molecule has 2 aliphatic rings. The van der Waals surface area contributed by atoms with Crippen molar-refractivity contribution in [1.82, 2.24) is 4.90 Å². The third-order valence-electron chi connectivity index (χ3n) is 4.96. The van der Waals surface area contributed by atoms with Crippen LogP contribution >= 0.6 is 11.6 Å². The maximum Gasteiger partial charge on any atom is 0.254 e. The van der Waals surface area contributed by atoms with Gasteiger partial charge in [0.1, 0.15) is 5.75 Å². The van der Waals surface area contributed by atoms with Crippen LogP contribution in [0.1, 0.15) is 28.8 Å². The summed E-state index contributed by atoms with van der Waals surface area (Å²) in [5.74, 6) is 1.58. The fourth-order valence-corrected chi connectivity index (χ4v) is 3.83. The van der Waals surface area contributed by atoms with Crippen LogP contribution in [0.2, 0.25) is 5.02 Å². The second-order valence-electron chi connectivity index (χ2n) is 6.82. The molecule has 1 amide bonds. The van der Waals surface area contributed by atoms with E-state index in [9.17, 15) is 4.79 Å². The predicted molar refractivity (Wildman–Crippen MR) is 104 cm³/mol. The number of hydrogen-bond acceptors (Lipinski definition) is 5. The Kier molecular flexibility index (Phi) is 5.59. The SMILES string of the molecule is COc1ccccc1CN(CC1CCCO1)C(=O)c1cc(Cl)c2c(c1)OCO2. The molecule has 1 unspecified atom stereocenters. The lowest BCUT2D eigenvalue weighted by molar-refractivity contribution is 0.0505. The van der Waals surface area contributed by atoms with E-state index in [1.54, 1.807) is 24.1 Å². The fourth-order valence-electron chi connectivity index (χ4n) is 3.57. The Morgan fingerprint density at radius 1 is 1.29 bits per heavy atom. The first-order chi connectivity index (χ1) is 13.7. The van der Waals surface area contributed by atoms with Gasteiger partial charge in [-0.15, -0.1) is 0 Å². The minimum atomic E-state index is -0.137. The van der Waals surface area contributed by atoms with E-state index in [-0.39, 0.29) is 18.8 Å². The molecule has 1 fully saturated rings. The number of carbonyl (C=O) groups is 1. The van der Waals surface area contributed by atoms with Crippen molar-refractivity contribution in [2.75, 3.05) is 27.1 Å². The number of para-hydroxylation sites is 1. The van der Waals surface area contributed by atoms with Gasteiger partial charge in [-0.25, -0.2) is 0 Å². The number of nitrogens with zero attached hydrogens (tertiary/aromatic N) is 1. The monoisotopic (exact) mass is 403 g/mol. The first kappa shape index (κ1) is 18.9. The Morgan fingerprint density at radius 3 is 2.93 bits per heavy atom. The van der Waals surface area contributed by atoms with Gasteiger partial charge < -0.3 is 23.8 Å². The fraction of sp³-hybridized carbons (Fsp3) is 0.381. The molecular weight excluding hydrogens is 382 g/mol. The van der Waals surface area contributed by atoms with E-state index in [0.717, 1.165) is 30.8 Å². The van der Waals surface area contributed by atoms with Gasteiger partial charge in [-0.3, -0.25) is 4.79 Å². The third-order valence-corrected chi connectivity index (χ3v) is 5.24. The molecule has 0 saturated carbocycles. The average Bonchev–Trinajstić information content (AvgIpc) is 3.39. The number of methoxy groups -OCH3 is 1. The summed E-state index contributed by atoms with van der Waals surface area (Å²) in [6.07, 6.45) is 1.98. The lowest BCUT2D eigenvalue weighted by Crippen LogP contribution is -2.37. The smallest absolute Gasteiger partial charge is 0.254 e. The lowest BCUT2D eigenvalue weighted by Gasteiger charge is -2.26. The summed E-state index contributed by atoms with van der Waals surface area (Å²) < 4.78 is 22.0. The topological polar surface area (TPSA) is 57.2 Å². The molecule has 0 aliphatic carbocycles. The summed E-state index contributed by atoms with van der Waals surface area (Å²) in [6, 6.07) is 11.0. The van der Waals surface area contributed by atoms with E-state index in [1.165, 1.54) is 0 Å². The maximum absolute atomic E-state index is 13.4. The predicted octanol–water partition coefficient (Wildman–Crippen LogP) is 3.90. The molecule has 2 aliphatic heterocycles. The third kappa shape index (κ3) is 3.88. The van der Waals surface area contributed by atoms with Crippen LogP contribution in [0.25, 0.3) is 0 Å². The van der Waals surface area contributed by atoms with Gasteiger partial charge in [0.25, 0.3) is 5.91 Å². The van der Waals surface area contributed by atoms with E-state index in [1.807, 2.05) is 24.3 Å². The number of halogens is 1. The van der Waals surface area contributed by atoms with Gasteiger partial charge in [0.15, 0.2) is 11.5 Å². The zero-order valence-corrected chi connectivity index (χ0v) is 16.4. The standard InChI is InChI=1S/C21H22ClNO5/c1-25-18-7-3-2-5-14(18)11-23(12-16-6-4-8-26-16)21(24)15-9-17(22)20-19(10-15)27-13-28-20/h2-3,5,7,9-10,16H,4,6,8,11-13H2,1H3. The summed E-state index contributed by atoms with van der Waals surface area (Å²) >= 11 is 6.28. The summed E-state index contributed by atoms with van der Waals surface area (Å²) in [6.45, 7) is 1.75. The van der Waals surface area contributed by atoms with E-state index in [0.29, 0.717) is 35.2 Å². The number of fused-ring (bicyclic) bond motifs is 1. The number of benzene rings is 2. The van der Waals surface area contributed by atoms with Crippen LogP contribution in [-0.4, -0.2) is 44.0 Å². The molecule has 0 N–H and O–H groups in total. The van der Waals surface area contributed by atoms with Gasteiger partial charge in [-0.05, 0) is 31.0 Å². The van der Waals surface area contributed by atoms with Crippen molar-refractivity contribution in [3.8, 4) is 17.2 Å². The van der Waals surface area contributed by atoms with Gasteiger partial charge in [-0.2, -0.15) is 0 Å². The van der Waals surface area contributed by atoms with E-state index < -0.39 is 0 Å². The summed E-state index contributed by atoms with van der Waals surface area (Å²) in [4.78, 5) is 15.1. The van der Waals surface area contributed by atoms with Gasteiger partial charge in [0, 0.05) is 30.8 Å². The Bertz CT molecular complexity index is 866. The summed E-state index contributed by atoms with van der Waals surface area (Å²) in [5.41, 5.74) is 1.39. The van der Waals surface area contributed by atoms with Crippen molar-refractivity contribution in [3.05, 3.63) is 52.5 Å². The molecular formula is C21H22ClNO5. The number of hydrogen-bond donors (Lipinski definition) is 0. The summed E-state index contributed by atoms with van der Waals surface area (Å²) in [5, 5.41) is 0.368. The normalized spacial score (nSPS) is 17.6. The molecule has 7 heteroatoms. The van der Waals surface area contributed by atoms with Crippen LogP contribution in [0.4, 0.5) is 0 Å². The Balaban J connectivity index is 1.62. The van der Waals surface area contributed by atoms with Crippen molar-refractivity contribution in [1.29, 1.82) is 0 Å². The van der Waals surface area contributed by atoms with Gasteiger partial charge in [0.2, 0.25) is 6.79 Å². The highest BCUT2D eigenvalue weighted by molar-refractivity contribution is 6.32. The minimum absolute atomic E-state index is 0.0307. The molecule has 0 bridgehead atoms. The molecule has 1 atom stereocenters. The first-order valence-electron chi connectivity index (χ1n) is 9.27. The number of ether oxygens (including phenoxy) is 4. The van der Waals surface area contributed by atoms with Crippen LogP contribution in [-0.2, 0) is 11.3 Å². The molecule has 0 radical (unpaired) electrons. The molecule has 28 heavy (non-hydrogen) atoms. The summed E-state index contributed by atoms with van der Waals surface area (Å²) in [7, 11) is 1.63. The maximum atomic E-state index is 13.4. The first-order valence-corrected chi connectivity index (χ1v) is 9.65. The van der Waals surface area contributed by atoms with E-state index in [2.05, 4.69) is 0 Å². The zero-order valence-electron chi connectivity index (χ0n) is 15.7. The van der Waals surface area contributed by atoms with Crippen molar-refractivity contribution < 1.29 is 23.7 Å². The van der Waals surface area contributed by atoms with Crippen LogP contribution < -0.4 is 14.2 Å². The molecule has 2 heterocycles. The molecule has 2 aromatic rings. The molecule has 4 rings (SSSR count). The van der Waals surface area contributed by atoms with Crippen LogP contribution in [0.15, 0.2) is 36.4 Å². The highest BCUT2D eigenvalue weighted by Gasteiger charge is 2.27. The van der Waals surface area contributed by atoms with Crippen LogP contribution in [0.3, 0.4) is 0 Å². The molecule has 148 valence electrons. The highest BCUT2D eigenvalue weighted by Crippen LogP contribution is 2.40. The van der Waals surface area contributed by atoms with Gasteiger partial charge >= 0.3 is 0 Å². The van der Waals surface area contributed by atoms with Crippen molar-refractivity contribution in [2.45, 2.75) is 25.5 Å². The van der Waals surface area contributed by atoms with E-state index >= 15 is 0 Å². The quantitative estimate of drug-likeness (QED) is 0.732. The molecule has 1 saturated heterocycles. The Hall–Kier alpha value is -2.44. The molecule has 0 aromatic heterocycles. The van der Waals surface area contributed by atoms with Crippen LogP contribution in [0, 0.1) is 0 Å². The van der Waals surface area contributed by atoms with Gasteiger partial charge in [-0.1, -0.05) is 29.8 Å². The number of amides is 1. The second kappa shape index (κ2) is 8.29. The highest BCUT2D eigenvalue weighted by atomic mass is 35.5. The Morgan fingerprint density at radius 2 is 2.14 bits per heavy atom. The number of carbonyl (C=O) groups excluding carboxylic acids is 1. The van der Waals surface area contributed by atoms with E-state index in [4.69, 9.17) is 30.5 Å². The van der Waals surface area contributed by atoms with Crippen molar-refractivity contribution in [3.63, 3.8) is 0 Å². The Labute approximate surface area is 168 Å². The van der Waals surface area contributed by atoms with Crippen molar-refractivity contribution >= 4 is 17.5 Å². The molecule has 2 aromatic carbocycles. The van der Waals surface area contributed by atoms with Crippen molar-refractivity contribution in [2.24, 2.45) is 0 Å². The largest absolute Gasteiger partial charge is 0.496 e. The second-order valence-corrected chi connectivity index (χ2v) is 7.23. The molecule has 6 nitrogen and oxygen atoms in total. The number of rotatable bonds is 6. The lowest BCUT2D eigenvalue weighted by atomic mass is 10.1.